The number of amides is 2. The number of nitrogens with one attached hydrogen (secondary N) is 2. The minimum absolute atomic E-state index is 0.151. The predicted molar refractivity (Wildman–Crippen MR) is 157 cm³/mol. The smallest absolute Gasteiger partial charge is 0.234 e. The fourth-order valence-electron chi connectivity index (χ4n) is 5.04. The summed E-state index contributed by atoms with van der Waals surface area (Å²) < 4.78 is 16.0. The lowest BCUT2D eigenvalue weighted by molar-refractivity contribution is -0.134. The Labute approximate surface area is 251 Å². The van der Waals surface area contributed by atoms with Crippen molar-refractivity contribution in [2.75, 3.05) is 46.6 Å². The van der Waals surface area contributed by atoms with Crippen LogP contribution in [0.2, 0.25) is 0 Å². The molecule has 2 aliphatic rings. The van der Waals surface area contributed by atoms with Crippen LogP contribution in [0.15, 0.2) is 48.5 Å². The van der Waals surface area contributed by atoms with Crippen LogP contribution >= 0.6 is 0 Å². The monoisotopic (exact) mass is 595 g/mol. The van der Waals surface area contributed by atoms with Crippen molar-refractivity contribution in [2.24, 2.45) is 5.92 Å². The van der Waals surface area contributed by atoms with Gasteiger partial charge in [-0.3, -0.25) is 24.1 Å². The zero-order valence-corrected chi connectivity index (χ0v) is 25.0. The maximum Gasteiger partial charge on any atom is 0.234 e. The summed E-state index contributed by atoms with van der Waals surface area (Å²) in [6.45, 7) is 5.87. The number of nitrogens with zero attached hydrogens (tertiary/aromatic N) is 1. The predicted octanol–water partition coefficient (Wildman–Crippen LogP) is 1.36. The minimum Gasteiger partial charge on any atom is -0.497 e. The summed E-state index contributed by atoms with van der Waals surface area (Å²) in [7, 11) is 1.56. The number of carbonyl (C=O) groups excluding carboxylic acids is 4. The lowest BCUT2D eigenvalue weighted by atomic mass is 9.89. The summed E-state index contributed by atoms with van der Waals surface area (Å²) >= 11 is 0. The summed E-state index contributed by atoms with van der Waals surface area (Å²) in [5, 5.41) is 15.3. The van der Waals surface area contributed by atoms with Gasteiger partial charge in [0.15, 0.2) is 11.6 Å². The number of ether oxygens (including phenoxy) is 3. The molecule has 3 N–H and O–H groups in total. The van der Waals surface area contributed by atoms with Crippen LogP contribution in [-0.4, -0.2) is 91.6 Å². The molecule has 2 aliphatic heterocycles. The summed E-state index contributed by atoms with van der Waals surface area (Å²) in [6, 6.07) is 12.2. The summed E-state index contributed by atoms with van der Waals surface area (Å²) in [4.78, 5) is 55.3. The van der Waals surface area contributed by atoms with E-state index < -0.39 is 29.5 Å². The number of aliphatic hydroxyl groups is 1. The second kappa shape index (κ2) is 14.7. The zero-order valence-electron chi connectivity index (χ0n) is 25.0. The van der Waals surface area contributed by atoms with Crippen molar-refractivity contribution in [2.45, 2.75) is 51.0 Å². The molecule has 4 atom stereocenters. The Kier molecular flexibility index (Phi) is 11.0. The number of hydrogen-bond donors (Lipinski definition) is 3. The van der Waals surface area contributed by atoms with Gasteiger partial charge in [-0.1, -0.05) is 36.4 Å². The standard InChI is InChI=1S/C32H41N3O8/c1-21(33-28(38)18-35-11-13-42-14-12-35)27(37)17-25(15-22-7-9-26(41-3)10-8-22)31(40)34-29(30(39)32(2)20-43-32)24-6-4-5-23(16-24)19-36/h4-10,16,21,25,29,36H,11-15,17-20H2,1-3H3,(H,33,38)(H,34,40). The Hall–Kier alpha value is -3.64. The molecule has 4 unspecified atom stereocenters. The largest absolute Gasteiger partial charge is 0.497 e. The molecule has 0 aromatic heterocycles. The molecular formula is C32H41N3O8. The maximum absolute atomic E-state index is 13.9. The van der Waals surface area contributed by atoms with Crippen molar-refractivity contribution in [3.8, 4) is 5.75 Å². The van der Waals surface area contributed by atoms with E-state index in [0.717, 1.165) is 5.56 Å². The van der Waals surface area contributed by atoms with Gasteiger partial charge in [0.05, 0.1) is 46.1 Å². The van der Waals surface area contributed by atoms with Crippen LogP contribution in [0.4, 0.5) is 0 Å². The van der Waals surface area contributed by atoms with Gasteiger partial charge in [-0.25, -0.2) is 0 Å². The number of carbonyl (C=O) groups is 4. The van der Waals surface area contributed by atoms with E-state index in [4.69, 9.17) is 14.2 Å². The van der Waals surface area contributed by atoms with Gasteiger partial charge in [0.2, 0.25) is 11.8 Å². The van der Waals surface area contributed by atoms with Crippen LogP contribution in [0, 0.1) is 5.92 Å². The van der Waals surface area contributed by atoms with E-state index in [-0.39, 0.29) is 50.1 Å². The number of rotatable bonds is 15. The third-order valence-corrected chi connectivity index (χ3v) is 7.91. The van der Waals surface area contributed by atoms with Crippen molar-refractivity contribution in [3.63, 3.8) is 0 Å². The Bertz CT molecular complexity index is 1290. The molecule has 2 saturated heterocycles. The van der Waals surface area contributed by atoms with Crippen LogP contribution in [0.5, 0.6) is 5.75 Å². The molecule has 11 heteroatoms. The highest BCUT2D eigenvalue weighted by Crippen LogP contribution is 2.33. The Morgan fingerprint density at radius 3 is 2.37 bits per heavy atom. The second-order valence-electron chi connectivity index (χ2n) is 11.3. The molecule has 43 heavy (non-hydrogen) atoms. The number of Topliss-reactive ketones (excluding diaryl/α,β-unsaturated/α-hetero) is 2. The number of hydrogen-bond acceptors (Lipinski definition) is 9. The summed E-state index contributed by atoms with van der Waals surface area (Å²) in [6.07, 6.45) is 0.0730. The zero-order chi connectivity index (χ0) is 31.0. The second-order valence-corrected chi connectivity index (χ2v) is 11.3. The van der Waals surface area contributed by atoms with Crippen molar-refractivity contribution in [3.05, 3.63) is 65.2 Å². The van der Waals surface area contributed by atoms with E-state index in [9.17, 15) is 24.3 Å². The topological polar surface area (TPSA) is 147 Å². The third-order valence-electron chi connectivity index (χ3n) is 7.91. The summed E-state index contributed by atoms with van der Waals surface area (Å²) in [5.74, 6) is -1.53. The first-order valence-electron chi connectivity index (χ1n) is 14.6. The SMILES string of the molecule is COc1ccc(CC(CC(=O)C(C)NC(=O)CN2CCOCC2)C(=O)NC(C(=O)C2(C)CO2)c2cccc(CO)c2)cc1. The molecule has 2 fully saturated rings. The lowest BCUT2D eigenvalue weighted by Crippen LogP contribution is -2.48. The molecule has 0 spiro atoms. The van der Waals surface area contributed by atoms with E-state index in [1.807, 2.05) is 17.0 Å². The van der Waals surface area contributed by atoms with Gasteiger partial charge in [-0.05, 0) is 49.1 Å². The number of morpholine rings is 1. The van der Waals surface area contributed by atoms with E-state index in [0.29, 0.717) is 43.2 Å². The van der Waals surface area contributed by atoms with Gasteiger partial charge < -0.3 is 30.0 Å². The molecule has 0 bridgehead atoms. The van der Waals surface area contributed by atoms with Gasteiger partial charge in [-0.15, -0.1) is 0 Å². The fourth-order valence-corrected chi connectivity index (χ4v) is 5.04. The Balaban J connectivity index is 1.51. The number of aliphatic hydroxyl groups excluding tert-OH is 1. The van der Waals surface area contributed by atoms with Gasteiger partial charge in [-0.2, -0.15) is 0 Å². The van der Waals surface area contributed by atoms with Crippen molar-refractivity contribution in [1.29, 1.82) is 0 Å². The molecule has 2 amide bonds. The Morgan fingerprint density at radius 2 is 1.74 bits per heavy atom. The van der Waals surface area contributed by atoms with Crippen LogP contribution in [0.3, 0.4) is 0 Å². The van der Waals surface area contributed by atoms with Crippen molar-refractivity contribution >= 4 is 23.4 Å². The first-order chi connectivity index (χ1) is 20.6. The maximum atomic E-state index is 13.9. The number of benzene rings is 2. The minimum atomic E-state index is -1.04. The molecule has 2 aromatic rings. The van der Waals surface area contributed by atoms with Crippen molar-refractivity contribution < 1.29 is 38.5 Å². The first-order valence-corrected chi connectivity index (χ1v) is 14.6. The van der Waals surface area contributed by atoms with E-state index >= 15 is 0 Å². The van der Waals surface area contributed by atoms with Gasteiger partial charge in [0.1, 0.15) is 17.4 Å². The average Bonchev–Trinajstić information content (AvgIpc) is 3.78. The lowest BCUT2D eigenvalue weighted by Gasteiger charge is -2.27. The molecule has 0 aliphatic carbocycles. The third kappa shape index (κ3) is 8.93. The molecule has 2 aromatic carbocycles. The number of epoxide rings is 1. The molecule has 0 radical (unpaired) electrons. The summed E-state index contributed by atoms with van der Waals surface area (Å²) in [5.41, 5.74) is 0.895. The molecular weight excluding hydrogens is 554 g/mol. The van der Waals surface area contributed by atoms with Crippen LogP contribution in [-0.2, 0) is 41.7 Å². The number of methoxy groups -OCH3 is 1. The molecule has 11 nitrogen and oxygen atoms in total. The quantitative estimate of drug-likeness (QED) is 0.260. The van der Waals surface area contributed by atoms with E-state index in [2.05, 4.69) is 10.6 Å². The van der Waals surface area contributed by atoms with Crippen molar-refractivity contribution in [1.82, 2.24) is 15.5 Å². The highest BCUT2D eigenvalue weighted by molar-refractivity contribution is 5.98. The normalized spacial score (nSPS) is 20.4. The molecule has 2 heterocycles. The highest BCUT2D eigenvalue weighted by Gasteiger charge is 2.50. The van der Waals surface area contributed by atoms with Crippen LogP contribution < -0.4 is 15.4 Å². The van der Waals surface area contributed by atoms with Gasteiger partial charge in [0.25, 0.3) is 0 Å². The van der Waals surface area contributed by atoms with E-state index in [1.54, 1.807) is 57.4 Å². The van der Waals surface area contributed by atoms with Crippen LogP contribution in [0.1, 0.15) is 43.0 Å². The molecule has 232 valence electrons. The van der Waals surface area contributed by atoms with Gasteiger partial charge >= 0.3 is 0 Å². The van der Waals surface area contributed by atoms with E-state index in [1.165, 1.54) is 0 Å². The Morgan fingerprint density at radius 1 is 1.05 bits per heavy atom. The molecule has 0 saturated carbocycles. The average molecular weight is 596 g/mol. The molecule has 4 rings (SSSR count). The van der Waals surface area contributed by atoms with Crippen LogP contribution in [0.25, 0.3) is 0 Å². The highest BCUT2D eigenvalue weighted by atomic mass is 16.6. The van der Waals surface area contributed by atoms with Gasteiger partial charge in [0, 0.05) is 25.4 Å². The number of ketones is 2. The fraction of sp³-hybridized carbons (Fsp3) is 0.500. The first kappa shape index (κ1) is 32.3.